The van der Waals surface area contributed by atoms with Gasteiger partial charge in [0.15, 0.2) is 0 Å². The number of nitrogens with zero attached hydrogens (tertiary/aromatic N) is 3. The molecule has 2 rings (SSSR count). The highest BCUT2D eigenvalue weighted by molar-refractivity contribution is 7.98. The van der Waals surface area contributed by atoms with Crippen molar-refractivity contribution in [1.29, 1.82) is 0 Å². The molecule has 1 heterocycles. The van der Waals surface area contributed by atoms with Crippen LogP contribution in [0.3, 0.4) is 0 Å². The van der Waals surface area contributed by atoms with Crippen molar-refractivity contribution < 1.29 is 0 Å². The van der Waals surface area contributed by atoms with E-state index in [0.717, 1.165) is 16.8 Å². The second kappa shape index (κ2) is 7.79. The quantitative estimate of drug-likeness (QED) is 0.761. The van der Waals surface area contributed by atoms with Crippen molar-refractivity contribution in [3.05, 3.63) is 46.2 Å². The number of hydrogen-bond acceptors (Lipinski definition) is 4. The third-order valence-corrected chi connectivity index (χ3v) is 4.20. The van der Waals surface area contributed by atoms with E-state index in [1.54, 1.807) is 16.4 Å². The first-order chi connectivity index (χ1) is 10.9. The molecule has 0 radical (unpaired) electrons. The fraction of sp³-hybridized carbons (Fsp3) is 0.444. The largest absolute Gasteiger partial charge is 0.305 e. The van der Waals surface area contributed by atoms with Gasteiger partial charge in [0.05, 0.1) is 5.69 Å². The van der Waals surface area contributed by atoms with E-state index in [-0.39, 0.29) is 5.56 Å². The minimum absolute atomic E-state index is 0.0110. The lowest BCUT2D eigenvalue weighted by molar-refractivity contribution is 0.392. The Morgan fingerprint density at radius 1 is 1.22 bits per heavy atom. The average molecular weight is 331 g/mol. The van der Waals surface area contributed by atoms with Crippen LogP contribution in [-0.4, -0.2) is 35.0 Å². The van der Waals surface area contributed by atoms with Crippen molar-refractivity contribution in [1.82, 2.24) is 14.7 Å². The van der Waals surface area contributed by atoms with Crippen LogP contribution in [0.15, 0.2) is 40.0 Å². The molecule has 0 atom stereocenters. The van der Waals surface area contributed by atoms with Crippen molar-refractivity contribution in [3.63, 3.8) is 0 Å². The van der Waals surface area contributed by atoms with E-state index in [4.69, 9.17) is 0 Å². The average Bonchev–Trinajstić information content (AvgIpc) is 2.50. The Morgan fingerprint density at radius 3 is 2.39 bits per heavy atom. The fourth-order valence-electron chi connectivity index (χ4n) is 2.42. The Labute approximate surface area is 142 Å². The first-order valence-corrected chi connectivity index (χ1v) is 9.03. The van der Waals surface area contributed by atoms with Crippen molar-refractivity contribution in [2.24, 2.45) is 5.92 Å². The van der Waals surface area contributed by atoms with E-state index in [0.29, 0.717) is 19.0 Å². The summed E-state index contributed by atoms with van der Waals surface area (Å²) in [4.78, 5) is 15.8. The third-order valence-electron chi connectivity index (χ3n) is 3.46. The van der Waals surface area contributed by atoms with Gasteiger partial charge in [0.2, 0.25) is 0 Å². The predicted molar refractivity (Wildman–Crippen MR) is 97.9 cm³/mol. The topological polar surface area (TPSA) is 38.1 Å². The predicted octanol–water partition coefficient (Wildman–Crippen LogP) is 3.35. The number of rotatable bonds is 6. The molecule has 2 aromatic rings. The van der Waals surface area contributed by atoms with Gasteiger partial charge in [-0.3, -0.25) is 4.79 Å². The maximum absolute atomic E-state index is 12.6. The number of thioether (sulfide) groups is 1. The van der Waals surface area contributed by atoms with Crippen molar-refractivity contribution >= 4 is 11.8 Å². The summed E-state index contributed by atoms with van der Waals surface area (Å²) >= 11 is 1.72. The van der Waals surface area contributed by atoms with Gasteiger partial charge in [0.1, 0.15) is 0 Å². The molecule has 0 aliphatic heterocycles. The highest BCUT2D eigenvalue weighted by Crippen LogP contribution is 2.21. The summed E-state index contributed by atoms with van der Waals surface area (Å²) < 4.78 is 1.61. The van der Waals surface area contributed by atoms with Gasteiger partial charge in [0, 0.05) is 29.1 Å². The number of benzene rings is 1. The summed E-state index contributed by atoms with van der Waals surface area (Å²) in [6, 6.07) is 10.2. The van der Waals surface area contributed by atoms with Crippen LogP contribution in [-0.2, 0) is 13.1 Å². The summed E-state index contributed by atoms with van der Waals surface area (Å²) in [6.07, 6.45) is 2.06. The van der Waals surface area contributed by atoms with Crippen molar-refractivity contribution in [2.75, 3.05) is 20.4 Å². The van der Waals surface area contributed by atoms with Gasteiger partial charge in [-0.25, -0.2) is 4.68 Å². The van der Waals surface area contributed by atoms with Gasteiger partial charge < -0.3 is 4.90 Å². The molecule has 0 spiro atoms. The van der Waals surface area contributed by atoms with Gasteiger partial charge >= 0.3 is 0 Å². The molecule has 0 aliphatic rings. The summed E-state index contributed by atoms with van der Waals surface area (Å²) in [5.74, 6) is 0.376. The van der Waals surface area contributed by atoms with Crippen molar-refractivity contribution in [3.8, 4) is 11.3 Å². The maximum Gasteiger partial charge on any atom is 0.271 e. The molecule has 5 heteroatoms. The van der Waals surface area contributed by atoms with Crippen LogP contribution in [0.2, 0.25) is 0 Å². The minimum atomic E-state index is 0.0110. The Morgan fingerprint density at radius 2 is 1.87 bits per heavy atom. The Kier molecular flexibility index (Phi) is 6.02. The number of aromatic nitrogens is 2. The van der Waals surface area contributed by atoms with Crippen LogP contribution in [0.4, 0.5) is 0 Å². The molecule has 1 aromatic heterocycles. The van der Waals surface area contributed by atoms with Gasteiger partial charge in [-0.15, -0.1) is 11.8 Å². The molecule has 0 saturated carbocycles. The van der Waals surface area contributed by atoms with Gasteiger partial charge in [-0.05, 0) is 44.5 Å². The monoisotopic (exact) mass is 331 g/mol. The molecular formula is C18H25N3OS. The molecule has 0 aliphatic carbocycles. The molecule has 4 nitrogen and oxygen atoms in total. The SMILES string of the molecule is CSc1ccc(-c2cc(CN(C)C)c(=O)n(CC(C)C)n2)cc1. The van der Waals surface area contributed by atoms with Crippen LogP contribution in [0, 0.1) is 5.92 Å². The zero-order chi connectivity index (χ0) is 17.0. The van der Waals surface area contributed by atoms with E-state index in [9.17, 15) is 4.79 Å². The highest BCUT2D eigenvalue weighted by Gasteiger charge is 2.12. The summed E-state index contributed by atoms with van der Waals surface area (Å²) in [6.45, 7) is 5.45. The first-order valence-electron chi connectivity index (χ1n) is 7.81. The lowest BCUT2D eigenvalue weighted by Crippen LogP contribution is -2.30. The van der Waals surface area contributed by atoms with Crippen LogP contribution < -0.4 is 5.56 Å². The molecule has 0 saturated heterocycles. The van der Waals surface area contributed by atoms with Gasteiger partial charge in [-0.2, -0.15) is 5.10 Å². The van der Waals surface area contributed by atoms with Gasteiger partial charge in [-0.1, -0.05) is 26.0 Å². The molecule has 0 unspecified atom stereocenters. The number of hydrogen-bond donors (Lipinski definition) is 0. The fourth-order valence-corrected chi connectivity index (χ4v) is 2.83. The molecule has 124 valence electrons. The zero-order valence-electron chi connectivity index (χ0n) is 14.5. The van der Waals surface area contributed by atoms with E-state index in [1.165, 1.54) is 4.90 Å². The second-order valence-electron chi connectivity index (χ2n) is 6.40. The molecule has 0 fully saturated rings. The summed E-state index contributed by atoms with van der Waals surface area (Å²) in [7, 11) is 3.94. The highest BCUT2D eigenvalue weighted by atomic mass is 32.2. The lowest BCUT2D eigenvalue weighted by atomic mass is 10.1. The second-order valence-corrected chi connectivity index (χ2v) is 7.28. The summed E-state index contributed by atoms with van der Waals surface area (Å²) in [5, 5.41) is 4.58. The Balaban J connectivity index is 2.50. The Hall–Kier alpha value is -1.59. The van der Waals surface area contributed by atoms with E-state index >= 15 is 0 Å². The van der Waals surface area contributed by atoms with Crippen LogP contribution in [0.25, 0.3) is 11.3 Å². The molecule has 1 aromatic carbocycles. The normalized spacial score (nSPS) is 11.4. The van der Waals surface area contributed by atoms with Crippen molar-refractivity contribution in [2.45, 2.75) is 31.8 Å². The van der Waals surface area contributed by atoms with Crippen LogP contribution in [0.5, 0.6) is 0 Å². The van der Waals surface area contributed by atoms with E-state index < -0.39 is 0 Å². The van der Waals surface area contributed by atoms with E-state index in [2.05, 4.69) is 49.5 Å². The maximum atomic E-state index is 12.6. The Bertz CT molecular complexity index is 671. The third kappa shape index (κ3) is 4.69. The lowest BCUT2D eigenvalue weighted by Gasteiger charge is -2.15. The van der Waals surface area contributed by atoms with E-state index in [1.807, 2.05) is 25.1 Å². The molecule has 0 amide bonds. The summed E-state index contributed by atoms with van der Waals surface area (Å²) in [5.41, 5.74) is 2.70. The van der Waals surface area contributed by atoms with Crippen LogP contribution >= 0.6 is 11.8 Å². The van der Waals surface area contributed by atoms with Crippen LogP contribution in [0.1, 0.15) is 19.4 Å². The molecule has 23 heavy (non-hydrogen) atoms. The zero-order valence-corrected chi connectivity index (χ0v) is 15.4. The van der Waals surface area contributed by atoms with Gasteiger partial charge in [0.25, 0.3) is 5.56 Å². The molecule has 0 N–H and O–H groups in total. The first kappa shape index (κ1) is 17.8. The minimum Gasteiger partial charge on any atom is -0.305 e. The smallest absolute Gasteiger partial charge is 0.271 e. The molecule has 0 bridgehead atoms. The molecular weight excluding hydrogens is 306 g/mol. The standard InChI is InChI=1S/C18H25N3OS/c1-13(2)11-21-18(22)15(12-20(3)4)10-17(19-21)14-6-8-16(23-5)9-7-14/h6-10,13H,11-12H2,1-5H3.